The Balaban J connectivity index is 1.75. The Morgan fingerprint density at radius 1 is 0.971 bits per heavy atom. The summed E-state index contributed by atoms with van der Waals surface area (Å²) < 4.78 is 55.5. The van der Waals surface area contributed by atoms with Crippen LogP contribution in [0.1, 0.15) is 28.5 Å². The van der Waals surface area contributed by atoms with E-state index in [9.17, 15) is 18.0 Å². The lowest BCUT2D eigenvalue weighted by Crippen LogP contribution is -2.07. The first-order valence-corrected chi connectivity index (χ1v) is 11.6. The Kier molecular flexibility index (Phi) is 7.31. The quantitative estimate of drug-likeness (QED) is 0.180. The van der Waals surface area contributed by atoms with E-state index in [0.29, 0.717) is 16.9 Å². The molecule has 0 atom stereocenters. The summed E-state index contributed by atoms with van der Waals surface area (Å²) in [6.07, 6.45) is 0. The van der Waals surface area contributed by atoms with Crippen molar-refractivity contribution in [3.8, 4) is 22.7 Å². The van der Waals surface area contributed by atoms with Gasteiger partial charge in [0.2, 0.25) is 0 Å². The smallest absolute Gasteiger partial charge is 0.338 e. The minimum Gasteiger partial charge on any atom is -0.488 e. The van der Waals surface area contributed by atoms with Crippen molar-refractivity contribution in [1.29, 1.82) is 0 Å². The van der Waals surface area contributed by atoms with Gasteiger partial charge in [-0.3, -0.25) is 0 Å². The number of aromatic nitrogens is 1. The molecule has 0 radical (unpaired) electrons. The third kappa shape index (κ3) is 5.12. The van der Waals surface area contributed by atoms with E-state index in [-0.39, 0.29) is 6.61 Å². The number of hydrogen-bond donors (Lipinski definition) is 0. The standard InChI is InChI=1S/C27H21BrF3NO3/c1-3-34-27(33)17-5-4-6-19(13-17)32-16(2)7-11-24(32)20-14-18(28)8-12-25(20)35-15-21-22(29)9-10-23(30)26(21)31/h4-14H,3,15H2,1-2H3. The minimum absolute atomic E-state index is 0.266. The zero-order valence-corrected chi connectivity index (χ0v) is 20.5. The molecule has 0 spiro atoms. The summed E-state index contributed by atoms with van der Waals surface area (Å²) in [5.41, 5.74) is 2.88. The minimum atomic E-state index is -1.28. The van der Waals surface area contributed by atoms with Crippen molar-refractivity contribution in [3.63, 3.8) is 0 Å². The SMILES string of the molecule is CCOC(=O)c1cccc(-n2c(C)ccc2-c2cc(Br)ccc2OCc2c(F)ccc(F)c2F)c1. The van der Waals surface area contributed by atoms with Crippen molar-refractivity contribution < 1.29 is 27.4 Å². The van der Waals surface area contributed by atoms with Gasteiger partial charge in [0.1, 0.15) is 18.2 Å². The predicted molar refractivity (Wildman–Crippen MR) is 130 cm³/mol. The van der Waals surface area contributed by atoms with Gasteiger partial charge >= 0.3 is 5.97 Å². The molecule has 0 aliphatic carbocycles. The lowest BCUT2D eigenvalue weighted by molar-refractivity contribution is 0.0526. The Bertz CT molecular complexity index is 1400. The molecule has 0 aliphatic rings. The van der Waals surface area contributed by atoms with E-state index in [1.165, 1.54) is 0 Å². The number of hydrogen-bond acceptors (Lipinski definition) is 3. The number of carbonyl (C=O) groups is 1. The number of esters is 1. The van der Waals surface area contributed by atoms with Crippen LogP contribution < -0.4 is 4.74 Å². The number of ether oxygens (including phenoxy) is 2. The topological polar surface area (TPSA) is 40.5 Å². The molecule has 1 heterocycles. The summed E-state index contributed by atoms with van der Waals surface area (Å²) in [6.45, 7) is 3.42. The van der Waals surface area contributed by atoms with Crippen LogP contribution in [-0.2, 0) is 11.3 Å². The van der Waals surface area contributed by atoms with Crippen molar-refractivity contribution >= 4 is 21.9 Å². The van der Waals surface area contributed by atoms with E-state index >= 15 is 0 Å². The average molecular weight is 544 g/mol. The van der Waals surface area contributed by atoms with Crippen molar-refractivity contribution in [2.75, 3.05) is 6.61 Å². The van der Waals surface area contributed by atoms with Crippen LogP contribution in [0.4, 0.5) is 13.2 Å². The van der Waals surface area contributed by atoms with E-state index in [4.69, 9.17) is 9.47 Å². The summed E-state index contributed by atoms with van der Waals surface area (Å²) in [5.74, 6) is -3.40. The number of benzene rings is 3. The highest BCUT2D eigenvalue weighted by molar-refractivity contribution is 9.10. The van der Waals surface area contributed by atoms with Crippen molar-refractivity contribution in [3.05, 3.63) is 105 Å². The first kappa shape index (κ1) is 24.6. The molecule has 0 bridgehead atoms. The summed E-state index contributed by atoms with van der Waals surface area (Å²) in [7, 11) is 0. The molecule has 4 nitrogen and oxygen atoms in total. The van der Waals surface area contributed by atoms with Crippen LogP contribution in [0.15, 0.2) is 71.2 Å². The van der Waals surface area contributed by atoms with Crippen molar-refractivity contribution in [2.24, 2.45) is 0 Å². The zero-order valence-electron chi connectivity index (χ0n) is 18.9. The Labute approximate surface area is 209 Å². The molecular weight excluding hydrogens is 523 g/mol. The Morgan fingerprint density at radius 2 is 1.74 bits per heavy atom. The van der Waals surface area contributed by atoms with Crippen molar-refractivity contribution in [2.45, 2.75) is 20.5 Å². The van der Waals surface area contributed by atoms with Gasteiger partial charge in [-0.2, -0.15) is 0 Å². The van der Waals surface area contributed by atoms with Crippen LogP contribution in [0.5, 0.6) is 5.75 Å². The molecule has 8 heteroatoms. The Hall–Kier alpha value is -3.52. The molecule has 0 saturated heterocycles. The van der Waals surface area contributed by atoms with Crippen LogP contribution in [0.25, 0.3) is 16.9 Å². The summed E-state index contributed by atoms with van der Waals surface area (Å²) in [6, 6.07) is 17.6. The van der Waals surface area contributed by atoms with Crippen LogP contribution in [0, 0.1) is 24.4 Å². The van der Waals surface area contributed by atoms with Gasteiger partial charge in [0.15, 0.2) is 11.6 Å². The lowest BCUT2D eigenvalue weighted by Gasteiger charge is -2.17. The maximum Gasteiger partial charge on any atom is 0.338 e. The predicted octanol–water partition coefficient (Wildman–Crippen LogP) is 7.39. The van der Waals surface area contributed by atoms with Crippen LogP contribution in [0.3, 0.4) is 0 Å². The highest BCUT2D eigenvalue weighted by Gasteiger charge is 2.19. The van der Waals surface area contributed by atoms with Gasteiger partial charge in [-0.25, -0.2) is 18.0 Å². The molecule has 3 aromatic carbocycles. The fraction of sp³-hybridized carbons (Fsp3) is 0.148. The molecule has 0 saturated carbocycles. The third-order valence-corrected chi connectivity index (χ3v) is 5.91. The summed E-state index contributed by atoms with van der Waals surface area (Å²) in [5, 5.41) is 0. The van der Waals surface area contributed by atoms with Gasteiger partial charge in [-0.1, -0.05) is 22.0 Å². The molecule has 0 unspecified atom stereocenters. The highest BCUT2D eigenvalue weighted by Crippen LogP contribution is 2.36. The molecular formula is C27H21BrF3NO3. The second-order valence-corrected chi connectivity index (χ2v) is 8.63. The molecule has 0 fully saturated rings. The van der Waals surface area contributed by atoms with E-state index in [0.717, 1.165) is 33.7 Å². The number of carbonyl (C=O) groups excluding carboxylic acids is 1. The van der Waals surface area contributed by atoms with Crippen molar-refractivity contribution in [1.82, 2.24) is 4.57 Å². The molecule has 180 valence electrons. The first-order valence-electron chi connectivity index (χ1n) is 10.8. The molecule has 0 aliphatic heterocycles. The average Bonchev–Trinajstić information content (AvgIpc) is 3.23. The van der Waals surface area contributed by atoms with Gasteiger partial charge < -0.3 is 14.0 Å². The molecule has 4 rings (SSSR count). The summed E-state index contributed by atoms with van der Waals surface area (Å²) in [4.78, 5) is 12.3. The fourth-order valence-electron chi connectivity index (χ4n) is 3.76. The maximum atomic E-state index is 14.2. The van der Waals surface area contributed by atoms with Gasteiger partial charge in [0, 0.05) is 21.4 Å². The van der Waals surface area contributed by atoms with E-state index < -0.39 is 35.6 Å². The molecule has 4 aromatic rings. The second-order valence-electron chi connectivity index (χ2n) is 7.72. The van der Waals surface area contributed by atoms with Crippen LogP contribution in [-0.4, -0.2) is 17.1 Å². The van der Waals surface area contributed by atoms with Gasteiger partial charge in [0.25, 0.3) is 0 Å². The highest BCUT2D eigenvalue weighted by atomic mass is 79.9. The number of halogens is 4. The number of aryl methyl sites for hydroxylation is 1. The lowest BCUT2D eigenvalue weighted by atomic mass is 10.1. The molecule has 1 aromatic heterocycles. The van der Waals surface area contributed by atoms with Gasteiger partial charge in [-0.15, -0.1) is 0 Å². The van der Waals surface area contributed by atoms with Gasteiger partial charge in [-0.05, 0) is 74.5 Å². The zero-order chi connectivity index (χ0) is 25.1. The normalized spacial score (nSPS) is 10.9. The number of nitrogens with zero attached hydrogens (tertiary/aromatic N) is 1. The van der Waals surface area contributed by atoms with Crippen LogP contribution in [0.2, 0.25) is 0 Å². The first-order chi connectivity index (χ1) is 16.8. The van der Waals surface area contributed by atoms with Gasteiger partial charge in [0.05, 0.1) is 23.4 Å². The molecule has 35 heavy (non-hydrogen) atoms. The second kappa shape index (κ2) is 10.4. The van der Waals surface area contributed by atoms with E-state index in [1.807, 2.05) is 35.8 Å². The fourth-order valence-corrected chi connectivity index (χ4v) is 4.12. The van der Waals surface area contributed by atoms with E-state index in [1.54, 1.807) is 37.3 Å². The molecule has 0 amide bonds. The maximum absolute atomic E-state index is 14.2. The Morgan fingerprint density at radius 3 is 2.51 bits per heavy atom. The number of rotatable bonds is 7. The van der Waals surface area contributed by atoms with Crippen LogP contribution >= 0.6 is 15.9 Å². The largest absolute Gasteiger partial charge is 0.488 e. The van der Waals surface area contributed by atoms with E-state index in [2.05, 4.69) is 15.9 Å². The monoisotopic (exact) mass is 543 g/mol. The summed E-state index contributed by atoms with van der Waals surface area (Å²) >= 11 is 3.46. The third-order valence-electron chi connectivity index (χ3n) is 5.42. The molecule has 0 N–H and O–H groups in total.